The van der Waals surface area contributed by atoms with Gasteiger partial charge >= 0.3 is 5.97 Å². The van der Waals surface area contributed by atoms with Crippen molar-refractivity contribution in [3.63, 3.8) is 0 Å². The van der Waals surface area contributed by atoms with Crippen LogP contribution < -0.4 is 4.90 Å². The molecular formula is C19H21IN2O3S. The fourth-order valence-corrected chi connectivity index (χ4v) is 4.53. The third-order valence-corrected chi connectivity index (χ3v) is 6.24. The second kappa shape index (κ2) is 8.94. The molecular weight excluding hydrogens is 463 g/mol. The number of rotatable bonds is 5. The first kappa shape index (κ1) is 19.3. The highest BCUT2D eigenvalue weighted by Gasteiger charge is 2.33. The van der Waals surface area contributed by atoms with Crippen molar-refractivity contribution in [2.75, 3.05) is 4.90 Å². The van der Waals surface area contributed by atoms with Crippen LogP contribution in [-0.4, -0.2) is 29.0 Å². The van der Waals surface area contributed by atoms with Crippen LogP contribution in [0, 0.1) is 3.57 Å². The van der Waals surface area contributed by atoms with E-state index in [0.29, 0.717) is 10.7 Å². The molecule has 0 bridgehead atoms. The summed E-state index contributed by atoms with van der Waals surface area (Å²) in [6.07, 6.45) is 6.18. The standard InChI is InChI=1S/C19H21IN2O3S/c1-13(25-18(24)15-9-5-6-10-16(15)20)17(23)22(19-21-11-12-26-19)14-7-3-2-4-8-14/h5-6,9-14H,2-4,7-8H2,1H3. The highest BCUT2D eigenvalue weighted by molar-refractivity contribution is 14.1. The highest BCUT2D eigenvalue weighted by atomic mass is 127. The third-order valence-electron chi connectivity index (χ3n) is 4.53. The number of hydrogen-bond donors (Lipinski definition) is 0. The van der Waals surface area contributed by atoms with Crippen LogP contribution >= 0.6 is 33.9 Å². The molecule has 5 nitrogen and oxygen atoms in total. The van der Waals surface area contributed by atoms with E-state index in [0.717, 1.165) is 29.3 Å². The first-order valence-electron chi connectivity index (χ1n) is 8.76. The SMILES string of the molecule is CC(OC(=O)c1ccccc1I)C(=O)N(c1nccs1)C1CCCCC1. The Morgan fingerprint density at radius 2 is 2.00 bits per heavy atom. The van der Waals surface area contributed by atoms with Crippen LogP contribution in [0.5, 0.6) is 0 Å². The molecule has 0 saturated heterocycles. The molecule has 0 radical (unpaired) electrons. The third kappa shape index (κ3) is 4.43. The molecule has 1 aromatic heterocycles. The second-order valence-corrected chi connectivity index (χ2v) is 8.38. The summed E-state index contributed by atoms with van der Waals surface area (Å²) in [5.41, 5.74) is 0.478. The highest BCUT2D eigenvalue weighted by Crippen LogP contribution is 2.29. The molecule has 1 aliphatic carbocycles. The first-order chi connectivity index (χ1) is 12.6. The van der Waals surface area contributed by atoms with Crippen molar-refractivity contribution < 1.29 is 14.3 Å². The molecule has 7 heteroatoms. The summed E-state index contributed by atoms with van der Waals surface area (Å²) in [5, 5.41) is 2.54. The van der Waals surface area contributed by atoms with Gasteiger partial charge in [-0.15, -0.1) is 11.3 Å². The summed E-state index contributed by atoms with van der Waals surface area (Å²) in [6, 6.07) is 7.32. The maximum atomic E-state index is 13.1. The number of nitrogens with zero attached hydrogens (tertiary/aromatic N) is 2. The molecule has 1 heterocycles. The van der Waals surface area contributed by atoms with Crippen LogP contribution in [-0.2, 0) is 9.53 Å². The Labute approximate surface area is 170 Å². The van der Waals surface area contributed by atoms with Crippen molar-refractivity contribution >= 4 is 50.9 Å². The molecule has 2 aromatic rings. The van der Waals surface area contributed by atoms with E-state index in [1.807, 2.05) is 17.5 Å². The van der Waals surface area contributed by atoms with E-state index < -0.39 is 12.1 Å². The number of aromatic nitrogens is 1. The van der Waals surface area contributed by atoms with E-state index in [1.54, 1.807) is 30.2 Å². The van der Waals surface area contributed by atoms with Gasteiger partial charge in [-0.25, -0.2) is 9.78 Å². The van der Waals surface area contributed by atoms with E-state index in [-0.39, 0.29) is 11.9 Å². The summed E-state index contributed by atoms with van der Waals surface area (Å²) in [5.74, 6) is -0.676. The van der Waals surface area contributed by atoms with Gasteiger partial charge in [0.05, 0.1) is 5.56 Å². The lowest BCUT2D eigenvalue weighted by Crippen LogP contribution is -2.47. The summed E-state index contributed by atoms with van der Waals surface area (Å²) in [4.78, 5) is 31.6. The Bertz CT molecular complexity index is 760. The topological polar surface area (TPSA) is 59.5 Å². The Balaban J connectivity index is 1.75. The van der Waals surface area contributed by atoms with Gasteiger partial charge < -0.3 is 4.74 Å². The lowest BCUT2D eigenvalue weighted by atomic mass is 9.94. The molecule has 1 fully saturated rings. The number of anilines is 1. The minimum absolute atomic E-state index is 0.125. The number of carbonyl (C=O) groups is 2. The van der Waals surface area contributed by atoms with Gasteiger partial charge in [-0.2, -0.15) is 0 Å². The maximum absolute atomic E-state index is 13.1. The van der Waals surface area contributed by atoms with E-state index in [1.165, 1.54) is 17.8 Å². The van der Waals surface area contributed by atoms with Crippen LogP contribution in [0.1, 0.15) is 49.4 Å². The quantitative estimate of drug-likeness (QED) is 0.458. The van der Waals surface area contributed by atoms with Crippen LogP contribution in [0.4, 0.5) is 5.13 Å². The minimum atomic E-state index is -0.857. The summed E-state index contributed by atoms with van der Waals surface area (Å²) >= 11 is 3.53. The summed E-state index contributed by atoms with van der Waals surface area (Å²) in [6.45, 7) is 1.64. The van der Waals surface area contributed by atoms with Crippen molar-refractivity contribution in [1.29, 1.82) is 0 Å². The lowest BCUT2D eigenvalue weighted by molar-refractivity contribution is -0.127. The zero-order valence-corrected chi connectivity index (χ0v) is 17.5. The van der Waals surface area contributed by atoms with E-state index in [2.05, 4.69) is 27.6 Å². The Morgan fingerprint density at radius 1 is 1.27 bits per heavy atom. The zero-order chi connectivity index (χ0) is 18.5. The van der Waals surface area contributed by atoms with Gasteiger partial charge in [0.15, 0.2) is 11.2 Å². The Hall–Kier alpha value is -1.48. The Morgan fingerprint density at radius 3 is 2.65 bits per heavy atom. The van der Waals surface area contributed by atoms with E-state index in [9.17, 15) is 9.59 Å². The number of benzene rings is 1. The molecule has 1 amide bonds. The fourth-order valence-electron chi connectivity index (χ4n) is 3.20. The monoisotopic (exact) mass is 484 g/mol. The summed E-state index contributed by atoms with van der Waals surface area (Å²) in [7, 11) is 0. The predicted molar refractivity (Wildman–Crippen MR) is 111 cm³/mol. The largest absolute Gasteiger partial charge is 0.449 e. The normalized spacial score (nSPS) is 16.1. The van der Waals surface area contributed by atoms with Crippen LogP contribution in [0.2, 0.25) is 0 Å². The lowest BCUT2D eigenvalue weighted by Gasteiger charge is -2.33. The number of ether oxygens (including phenoxy) is 1. The van der Waals surface area contributed by atoms with Crippen molar-refractivity contribution in [1.82, 2.24) is 4.98 Å². The smallest absolute Gasteiger partial charge is 0.339 e. The number of amides is 1. The number of esters is 1. The summed E-state index contributed by atoms with van der Waals surface area (Å²) < 4.78 is 6.30. The number of carbonyl (C=O) groups excluding carboxylic acids is 2. The molecule has 0 N–H and O–H groups in total. The minimum Gasteiger partial charge on any atom is -0.449 e. The molecule has 1 atom stereocenters. The fraction of sp³-hybridized carbons (Fsp3) is 0.421. The first-order valence-corrected chi connectivity index (χ1v) is 10.7. The van der Waals surface area contributed by atoms with Crippen molar-refractivity contribution in [3.8, 4) is 0 Å². The molecule has 1 saturated carbocycles. The van der Waals surface area contributed by atoms with Crippen molar-refractivity contribution in [2.24, 2.45) is 0 Å². The zero-order valence-electron chi connectivity index (χ0n) is 14.6. The molecule has 0 aliphatic heterocycles. The van der Waals surface area contributed by atoms with Crippen molar-refractivity contribution in [2.45, 2.75) is 51.2 Å². The number of halogens is 1. The molecule has 138 valence electrons. The van der Waals surface area contributed by atoms with Gasteiger partial charge in [-0.3, -0.25) is 9.69 Å². The van der Waals surface area contributed by atoms with Crippen LogP contribution in [0.25, 0.3) is 0 Å². The predicted octanol–water partition coefficient (Wildman–Crippen LogP) is 4.66. The van der Waals surface area contributed by atoms with Gasteiger partial charge in [-0.1, -0.05) is 31.4 Å². The van der Waals surface area contributed by atoms with Crippen LogP contribution in [0.15, 0.2) is 35.8 Å². The van der Waals surface area contributed by atoms with Gasteiger partial charge in [0.25, 0.3) is 5.91 Å². The van der Waals surface area contributed by atoms with Gasteiger partial charge in [0.1, 0.15) is 0 Å². The average molecular weight is 484 g/mol. The molecule has 0 spiro atoms. The molecule has 1 aromatic carbocycles. The number of hydrogen-bond acceptors (Lipinski definition) is 5. The second-order valence-electron chi connectivity index (χ2n) is 6.34. The van der Waals surface area contributed by atoms with E-state index in [4.69, 9.17) is 4.74 Å². The van der Waals surface area contributed by atoms with Crippen LogP contribution in [0.3, 0.4) is 0 Å². The average Bonchev–Trinajstić information content (AvgIpc) is 3.17. The maximum Gasteiger partial charge on any atom is 0.339 e. The Kier molecular flexibility index (Phi) is 6.63. The van der Waals surface area contributed by atoms with Crippen molar-refractivity contribution in [3.05, 3.63) is 45.0 Å². The molecule has 3 rings (SSSR count). The molecule has 1 unspecified atom stereocenters. The number of thiazole rings is 1. The van der Waals surface area contributed by atoms with E-state index >= 15 is 0 Å². The van der Waals surface area contributed by atoms with Gasteiger partial charge in [0.2, 0.25) is 0 Å². The molecule has 1 aliphatic rings. The van der Waals surface area contributed by atoms with Gasteiger partial charge in [0, 0.05) is 21.2 Å². The molecule has 26 heavy (non-hydrogen) atoms. The van der Waals surface area contributed by atoms with Gasteiger partial charge in [-0.05, 0) is 54.5 Å².